The van der Waals surface area contributed by atoms with Crippen molar-refractivity contribution in [1.29, 1.82) is 0 Å². The van der Waals surface area contributed by atoms with E-state index in [1.54, 1.807) is 6.92 Å². The Bertz CT molecular complexity index is 281. The molecule has 2 aliphatic carbocycles. The third-order valence-electron chi connectivity index (χ3n) is 3.36. The van der Waals surface area contributed by atoms with Gasteiger partial charge in [-0.2, -0.15) is 13.2 Å². The second kappa shape index (κ2) is 3.93. The van der Waals surface area contributed by atoms with Crippen molar-refractivity contribution in [3.63, 3.8) is 0 Å². The van der Waals surface area contributed by atoms with Crippen molar-refractivity contribution in [3.8, 4) is 0 Å². The Morgan fingerprint density at radius 2 is 1.88 bits per heavy atom. The molecule has 2 saturated carbocycles. The van der Waals surface area contributed by atoms with Crippen molar-refractivity contribution < 1.29 is 18.0 Å². The minimum absolute atomic E-state index is 0.136. The summed E-state index contributed by atoms with van der Waals surface area (Å²) in [7, 11) is 0. The number of hydrogen-bond donors (Lipinski definition) is 0. The highest BCUT2D eigenvalue weighted by atomic mass is 19.4. The van der Waals surface area contributed by atoms with Crippen molar-refractivity contribution in [1.82, 2.24) is 4.90 Å². The lowest BCUT2D eigenvalue weighted by atomic mass is 10.1. The van der Waals surface area contributed by atoms with Crippen molar-refractivity contribution in [2.45, 2.75) is 44.8 Å². The van der Waals surface area contributed by atoms with Crippen LogP contribution in [0.2, 0.25) is 0 Å². The van der Waals surface area contributed by atoms with Gasteiger partial charge < -0.3 is 4.90 Å². The fourth-order valence-corrected chi connectivity index (χ4v) is 2.01. The standard InChI is InChI=1S/C11H16F3NO/c1-7(8-2-3-8)15(6-11(12,13)14)10(16)9-4-5-9/h7-9H,2-6H2,1H3. The van der Waals surface area contributed by atoms with Gasteiger partial charge >= 0.3 is 6.18 Å². The van der Waals surface area contributed by atoms with Crippen LogP contribution < -0.4 is 0 Å². The van der Waals surface area contributed by atoms with Gasteiger partial charge in [-0.15, -0.1) is 0 Å². The molecule has 1 amide bonds. The second-order valence-electron chi connectivity index (χ2n) is 4.93. The van der Waals surface area contributed by atoms with Gasteiger partial charge in [0.25, 0.3) is 0 Å². The summed E-state index contributed by atoms with van der Waals surface area (Å²) >= 11 is 0. The van der Waals surface area contributed by atoms with Crippen LogP contribution in [0.1, 0.15) is 32.6 Å². The summed E-state index contributed by atoms with van der Waals surface area (Å²) in [6.07, 6.45) is -0.871. The van der Waals surface area contributed by atoms with E-state index in [-0.39, 0.29) is 23.8 Å². The molecular formula is C11H16F3NO. The topological polar surface area (TPSA) is 20.3 Å². The molecule has 2 aliphatic rings. The highest BCUT2D eigenvalue weighted by Crippen LogP contribution is 2.39. The Morgan fingerprint density at radius 3 is 2.25 bits per heavy atom. The molecule has 2 fully saturated rings. The molecular weight excluding hydrogens is 219 g/mol. The SMILES string of the molecule is CC(C1CC1)N(CC(F)(F)F)C(=O)C1CC1. The largest absolute Gasteiger partial charge is 0.406 e. The van der Waals surface area contributed by atoms with E-state index in [0.717, 1.165) is 30.6 Å². The predicted molar refractivity (Wildman–Crippen MR) is 52.7 cm³/mol. The van der Waals surface area contributed by atoms with Crippen LogP contribution in [0.5, 0.6) is 0 Å². The highest BCUT2D eigenvalue weighted by Gasteiger charge is 2.44. The molecule has 0 saturated heterocycles. The maximum atomic E-state index is 12.4. The number of halogens is 3. The number of nitrogens with zero attached hydrogens (tertiary/aromatic N) is 1. The Labute approximate surface area is 92.8 Å². The van der Waals surface area contributed by atoms with Gasteiger partial charge in [0.1, 0.15) is 6.54 Å². The molecule has 2 rings (SSSR count). The van der Waals surface area contributed by atoms with Gasteiger partial charge in [-0.1, -0.05) is 0 Å². The molecule has 0 spiro atoms. The molecule has 5 heteroatoms. The van der Waals surface area contributed by atoms with E-state index in [4.69, 9.17) is 0 Å². The fraction of sp³-hybridized carbons (Fsp3) is 0.909. The average Bonchev–Trinajstić information content (AvgIpc) is 3.03. The first-order chi connectivity index (χ1) is 7.38. The van der Waals surface area contributed by atoms with Crippen molar-refractivity contribution in [2.75, 3.05) is 6.54 Å². The summed E-state index contributed by atoms with van der Waals surface area (Å²) in [5, 5.41) is 0. The van der Waals surface area contributed by atoms with Gasteiger partial charge in [0.2, 0.25) is 5.91 Å². The second-order valence-corrected chi connectivity index (χ2v) is 4.93. The number of hydrogen-bond acceptors (Lipinski definition) is 1. The Kier molecular flexibility index (Phi) is 2.88. The third kappa shape index (κ3) is 2.89. The molecule has 0 radical (unpaired) electrons. The molecule has 92 valence electrons. The van der Waals surface area contributed by atoms with Crippen LogP contribution in [-0.4, -0.2) is 29.6 Å². The minimum atomic E-state index is -4.28. The smallest absolute Gasteiger partial charge is 0.330 e. The number of amides is 1. The van der Waals surface area contributed by atoms with E-state index < -0.39 is 12.7 Å². The third-order valence-corrected chi connectivity index (χ3v) is 3.36. The van der Waals surface area contributed by atoms with Gasteiger partial charge in [0, 0.05) is 12.0 Å². The fourth-order valence-electron chi connectivity index (χ4n) is 2.01. The molecule has 0 aromatic rings. The van der Waals surface area contributed by atoms with Crippen LogP contribution in [0, 0.1) is 11.8 Å². The Morgan fingerprint density at radius 1 is 1.31 bits per heavy atom. The highest BCUT2D eigenvalue weighted by molar-refractivity contribution is 5.81. The zero-order valence-electron chi connectivity index (χ0n) is 9.26. The molecule has 0 bridgehead atoms. The van der Waals surface area contributed by atoms with Gasteiger partial charge in [-0.3, -0.25) is 4.79 Å². The van der Waals surface area contributed by atoms with E-state index in [2.05, 4.69) is 0 Å². The molecule has 0 aliphatic heterocycles. The molecule has 2 nitrogen and oxygen atoms in total. The minimum Gasteiger partial charge on any atom is -0.330 e. The summed E-state index contributed by atoms with van der Waals surface area (Å²) < 4.78 is 37.2. The van der Waals surface area contributed by atoms with Gasteiger partial charge in [0.05, 0.1) is 0 Å². The summed E-state index contributed by atoms with van der Waals surface area (Å²) in [5.74, 6) is -0.148. The van der Waals surface area contributed by atoms with Crippen LogP contribution >= 0.6 is 0 Å². The molecule has 0 heterocycles. The molecule has 1 atom stereocenters. The van der Waals surface area contributed by atoms with Gasteiger partial charge in [-0.05, 0) is 38.5 Å². The first-order valence-electron chi connectivity index (χ1n) is 5.76. The van der Waals surface area contributed by atoms with Gasteiger partial charge in [-0.25, -0.2) is 0 Å². The summed E-state index contributed by atoms with van der Waals surface area (Å²) in [4.78, 5) is 12.8. The van der Waals surface area contributed by atoms with E-state index in [1.807, 2.05) is 0 Å². The quantitative estimate of drug-likeness (QED) is 0.733. The maximum absolute atomic E-state index is 12.4. The average molecular weight is 235 g/mol. The number of carbonyl (C=O) groups excluding carboxylic acids is 1. The predicted octanol–water partition coefficient (Wildman–Crippen LogP) is 2.59. The summed E-state index contributed by atoms with van der Waals surface area (Å²) in [6, 6.07) is -0.255. The summed E-state index contributed by atoms with van der Waals surface area (Å²) in [5.41, 5.74) is 0. The van der Waals surface area contributed by atoms with Crippen LogP contribution in [-0.2, 0) is 4.79 Å². The number of carbonyl (C=O) groups is 1. The van der Waals surface area contributed by atoms with Crippen molar-refractivity contribution >= 4 is 5.91 Å². The molecule has 0 N–H and O–H groups in total. The first kappa shape index (κ1) is 11.7. The van der Waals surface area contributed by atoms with E-state index in [0.29, 0.717) is 0 Å². The van der Waals surface area contributed by atoms with Gasteiger partial charge in [0.15, 0.2) is 0 Å². The maximum Gasteiger partial charge on any atom is 0.406 e. The molecule has 16 heavy (non-hydrogen) atoms. The van der Waals surface area contributed by atoms with E-state index >= 15 is 0 Å². The molecule has 1 unspecified atom stereocenters. The normalized spacial score (nSPS) is 23.0. The molecule has 0 aromatic carbocycles. The Hall–Kier alpha value is -0.740. The van der Waals surface area contributed by atoms with Crippen LogP contribution in [0.3, 0.4) is 0 Å². The zero-order valence-corrected chi connectivity index (χ0v) is 9.26. The number of rotatable bonds is 4. The van der Waals surface area contributed by atoms with Crippen molar-refractivity contribution in [2.24, 2.45) is 11.8 Å². The van der Waals surface area contributed by atoms with Crippen molar-refractivity contribution in [3.05, 3.63) is 0 Å². The van der Waals surface area contributed by atoms with Crippen LogP contribution in [0.4, 0.5) is 13.2 Å². The summed E-state index contributed by atoms with van der Waals surface area (Å²) in [6.45, 7) is 0.656. The Balaban J connectivity index is 2.01. The van der Waals surface area contributed by atoms with E-state index in [9.17, 15) is 18.0 Å². The lowest BCUT2D eigenvalue weighted by Gasteiger charge is -2.30. The number of alkyl halides is 3. The lowest BCUT2D eigenvalue weighted by Crippen LogP contribution is -2.46. The monoisotopic (exact) mass is 235 g/mol. The van der Waals surface area contributed by atoms with Crippen LogP contribution in [0.15, 0.2) is 0 Å². The zero-order chi connectivity index (χ0) is 11.9. The van der Waals surface area contributed by atoms with E-state index in [1.165, 1.54) is 0 Å². The van der Waals surface area contributed by atoms with Crippen LogP contribution in [0.25, 0.3) is 0 Å². The molecule has 0 aromatic heterocycles. The first-order valence-corrected chi connectivity index (χ1v) is 5.76. The lowest BCUT2D eigenvalue weighted by molar-refractivity contribution is -0.166.